The van der Waals surface area contributed by atoms with E-state index >= 15 is 0 Å². The number of anilines is 1. The molecule has 4 aromatic carbocycles. The molecule has 0 bridgehead atoms. The quantitative estimate of drug-likeness (QED) is 0.187. The van der Waals surface area contributed by atoms with E-state index in [1.165, 1.54) is 11.5 Å². The van der Waals surface area contributed by atoms with Gasteiger partial charge < -0.3 is 20.8 Å². The predicted octanol–water partition coefficient (Wildman–Crippen LogP) is 5.79. The number of nitrogens with two attached hydrogens (primary N) is 1. The third-order valence-electron chi connectivity index (χ3n) is 6.11. The van der Waals surface area contributed by atoms with E-state index in [9.17, 15) is 9.59 Å². The van der Waals surface area contributed by atoms with Crippen LogP contribution in [0.25, 0.3) is 21.8 Å². The molecule has 0 atom stereocenters. The molecule has 5 rings (SSSR count). The van der Waals surface area contributed by atoms with Crippen molar-refractivity contribution in [1.82, 2.24) is 10.3 Å². The molecule has 4 N–H and O–H groups in total. The number of amides is 1. The number of aromatic nitrogens is 1. The van der Waals surface area contributed by atoms with Crippen LogP contribution in [-0.2, 0) is 6.42 Å². The fraction of sp³-hybridized carbons (Fsp3) is 0.103. The van der Waals surface area contributed by atoms with Crippen LogP contribution in [-0.4, -0.2) is 29.8 Å². The van der Waals surface area contributed by atoms with E-state index < -0.39 is 0 Å². The number of benzene rings is 4. The van der Waals surface area contributed by atoms with Crippen molar-refractivity contribution in [3.05, 3.63) is 107 Å². The molecule has 180 valence electrons. The van der Waals surface area contributed by atoms with E-state index in [2.05, 4.69) is 28.5 Å². The minimum atomic E-state index is -0.319. The Labute approximate surface area is 213 Å². The number of ether oxygens (including phenoxy) is 1. The van der Waals surface area contributed by atoms with Crippen LogP contribution in [0.1, 0.15) is 26.3 Å². The van der Waals surface area contributed by atoms with Crippen molar-refractivity contribution >= 4 is 50.8 Å². The molecular weight excluding hydrogens is 474 g/mol. The number of halogens is 1. The Hall–Kier alpha value is -4.29. The van der Waals surface area contributed by atoms with Crippen LogP contribution in [0.2, 0.25) is 5.02 Å². The van der Waals surface area contributed by atoms with Crippen molar-refractivity contribution in [2.45, 2.75) is 6.42 Å². The van der Waals surface area contributed by atoms with Gasteiger partial charge in [-0.05, 0) is 48.0 Å². The zero-order chi connectivity index (χ0) is 25.1. The van der Waals surface area contributed by atoms with Crippen molar-refractivity contribution < 1.29 is 14.3 Å². The summed E-state index contributed by atoms with van der Waals surface area (Å²) in [6.45, 7) is 0.258. The van der Waals surface area contributed by atoms with E-state index in [-0.39, 0.29) is 18.2 Å². The maximum absolute atomic E-state index is 12.8. The van der Waals surface area contributed by atoms with E-state index in [1.54, 1.807) is 24.3 Å². The molecule has 36 heavy (non-hydrogen) atoms. The Bertz CT molecular complexity index is 1590. The largest absolute Gasteiger partial charge is 0.493 e. The number of rotatable bonds is 8. The topological polar surface area (TPSA) is 97.2 Å². The molecule has 0 aliphatic rings. The molecular formula is C29H24ClN3O3. The summed E-state index contributed by atoms with van der Waals surface area (Å²) < 4.78 is 6.00. The normalized spacial score (nSPS) is 11.0. The molecule has 5 aromatic rings. The van der Waals surface area contributed by atoms with Crippen LogP contribution in [0.4, 0.5) is 5.69 Å². The monoisotopic (exact) mass is 497 g/mol. The van der Waals surface area contributed by atoms with Gasteiger partial charge in [0.15, 0.2) is 5.78 Å². The second kappa shape index (κ2) is 10.1. The summed E-state index contributed by atoms with van der Waals surface area (Å²) in [5.41, 5.74) is 9.94. The van der Waals surface area contributed by atoms with Gasteiger partial charge in [0.2, 0.25) is 0 Å². The van der Waals surface area contributed by atoms with Crippen LogP contribution in [0.3, 0.4) is 0 Å². The Kier molecular flexibility index (Phi) is 6.60. The first kappa shape index (κ1) is 23.5. The SMILES string of the molecule is Nc1cc(C(=O)CNC(=O)c2ccccc2CCOc2ccc3c(c2)[nH]c2ccccc23)ccc1Cl. The standard InChI is InChI=1S/C29H24ClN3O3/c30-24-12-9-19(15-25(24)31)28(34)17-32-29(35)21-6-2-1-5-18(21)13-14-36-20-10-11-23-22-7-3-4-8-26(22)33-27(23)16-20/h1-12,15-16,33H,13-14,17,31H2,(H,32,35). The van der Waals surface area contributed by atoms with Crippen molar-refractivity contribution in [1.29, 1.82) is 0 Å². The van der Waals surface area contributed by atoms with Gasteiger partial charge in [-0.1, -0.05) is 48.0 Å². The number of carbonyl (C=O) groups is 2. The number of ketones is 1. The number of fused-ring (bicyclic) bond motifs is 3. The van der Waals surface area contributed by atoms with Gasteiger partial charge in [0.05, 0.1) is 29.4 Å². The highest BCUT2D eigenvalue weighted by molar-refractivity contribution is 6.33. The van der Waals surface area contributed by atoms with Crippen molar-refractivity contribution in [2.75, 3.05) is 18.9 Å². The number of hydrogen-bond donors (Lipinski definition) is 3. The van der Waals surface area contributed by atoms with Gasteiger partial charge >= 0.3 is 0 Å². The van der Waals surface area contributed by atoms with E-state index in [1.807, 2.05) is 36.4 Å². The highest BCUT2D eigenvalue weighted by Crippen LogP contribution is 2.28. The van der Waals surface area contributed by atoms with Gasteiger partial charge in [-0.15, -0.1) is 0 Å². The predicted molar refractivity (Wildman–Crippen MR) is 144 cm³/mol. The lowest BCUT2D eigenvalue weighted by Crippen LogP contribution is -2.30. The fourth-order valence-corrected chi connectivity index (χ4v) is 4.35. The number of aromatic amines is 1. The summed E-state index contributed by atoms with van der Waals surface area (Å²) in [4.78, 5) is 28.7. The molecule has 1 aromatic heterocycles. The number of nitrogen functional groups attached to an aromatic ring is 1. The lowest BCUT2D eigenvalue weighted by molar-refractivity contribution is 0.0903. The van der Waals surface area contributed by atoms with Gasteiger partial charge in [-0.25, -0.2) is 0 Å². The Morgan fingerprint density at radius 1 is 0.889 bits per heavy atom. The second-order valence-corrected chi connectivity index (χ2v) is 8.88. The van der Waals surface area contributed by atoms with Gasteiger partial charge in [-0.3, -0.25) is 9.59 Å². The summed E-state index contributed by atoms with van der Waals surface area (Å²) in [6.07, 6.45) is 0.538. The van der Waals surface area contributed by atoms with Crippen LogP contribution in [0.15, 0.2) is 84.9 Å². The third-order valence-corrected chi connectivity index (χ3v) is 6.45. The molecule has 0 fully saturated rings. The highest BCUT2D eigenvalue weighted by atomic mass is 35.5. The Balaban J connectivity index is 1.21. The first-order valence-electron chi connectivity index (χ1n) is 11.6. The Morgan fingerprint density at radius 2 is 1.67 bits per heavy atom. The van der Waals surface area contributed by atoms with E-state index in [4.69, 9.17) is 22.1 Å². The van der Waals surface area contributed by atoms with E-state index in [0.717, 1.165) is 27.7 Å². The average Bonchev–Trinajstić information content (AvgIpc) is 3.27. The first-order chi connectivity index (χ1) is 17.5. The molecule has 0 radical (unpaired) electrons. The van der Waals surface area contributed by atoms with Crippen LogP contribution in [0.5, 0.6) is 5.75 Å². The summed E-state index contributed by atoms with van der Waals surface area (Å²) in [5, 5.41) is 5.41. The molecule has 0 saturated carbocycles. The third kappa shape index (κ3) is 4.90. The molecule has 6 nitrogen and oxygen atoms in total. The molecule has 1 heterocycles. The summed E-state index contributed by atoms with van der Waals surface area (Å²) >= 11 is 5.92. The summed E-state index contributed by atoms with van der Waals surface area (Å²) in [7, 11) is 0. The van der Waals surface area contributed by atoms with Crippen LogP contribution < -0.4 is 15.8 Å². The van der Waals surface area contributed by atoms with Gasteiger partial charge in [-0.2, -0.15) is 0 Å². The number of Topliss-reactive ketones (excluding diaryl/α,β-unsaturated/α-hetero) is 1. The van der Waals surface area contributed by atoms with Gasteiger partial charge in [0.25, 0.3) is 5.91 Å². The number of H-pyrrole nitrogens is 1. The summed E-state index contributed by atoms with van der Waals surface area (Å²) in [5.74, 6) is 0.184. The average molecular weight is 498 g/mol. The molecule has 0 unspecified atom stereocenters. The van der Waals surface area contributed by atoms with Gasteiger partial charge in [0.1, 0.15) is 5.75 Å². The molecule has 0 aliphatic heterocycles. The van der Waals surface area contributed by atoms with E-state index in [0.29, 0.717) is 34.9 Å². The molecule has 0 aliphatic carbocycles. The van der Waals surface area contributed by atoms with Crippen LogP contribution in [0, 0.1) is 0 Å². The number of nitrogens with one attached hydrogen (secondary N) is 2. The number of hydrogen-bond acceptors (Lipinski definition) is 4. The lowest BCUT2D eigenvalue weighted by Gasteiger charge is -2.11. The van der Waals surface area contributed by atoms with Gasteiger partial charge in [0, 0.05) is 39.9 Å². The maximum Gasteiger partial charge on any atom is 0.251 e. The van der Waals surface area contributed by atoms with Crippen LogP contribution >= 0.6 is 11.6 Å². The minimum absolute atomic E-state index is 0.144. The molecule has 7 heteroatoms. The van der Waals surface area contributed by atoms with Crippen molar-refractivity contribution in [3.8, 4) is 5.75 Å². The minimum Gasteiger partial charge on any atom is -0.493 e. The number of para-hydroxylation sites is 1. The zero-order valence-corrected chi connectivity index (χ0v) is 20.1. The fourth-order valence-electron chi connectivity index (χ4n) is 4.24. The maximum atomic E-state index is 12.8. The lowest BCUT2D eigenvalue weighted by atomic mass is 10.0. The highest BCUT2D eigenvalue weighted by Gasteiger charge is 2.14. The summed E-state index contributed by atoms with van der Waals surface area (Å²) in [6, 6.07) is 26.1. The molecule has 0 saturated heterocycles. The number of carbonyl (C=O) groups excluding carboxylic acids is 2. The second-order valence-electron chi connectivity index (χ2n) is 8.48. The first-order valence-corrected chi connectivity index (χ1v) is 11.9. The Morgan fingerprint density at radius 3 is 2.53 bits per heavy atom. The van der Waals surface area contributed by atoms with Crippen molar-refractivity contribution in [3.63, 3.8) is 0 Å². The molecule has 1 amide bonds. The molecule has 0 spiro atoms. The van der Waals surface area contributed by atoms with Crippen molar-refractivity contribution in [2.24, 2.45) is 0 Å². The zero-order valence-electron chi connectivity index (χ0n) is 19.4. The smallest absolute Gasteiger partial charge is 0.251 e.